The summed E-state index contributed by atoms with van der Waals surface area (Å²) in [5.41, 5.74) is 4.64. The topological polar surface area (TPSA) is 18.5 Å². The molecule has 0 aromatic rings. The summed E-state index contributed by atoms with van der Waals surface area (Å²) in [6.45, 7) is 3.68. The van der Waals surface area contributed by atoms with Gasteiger partial charge >= 0.3 is 0 Å². The molecule has 126 valence electrons. The molecule has 4 atom stereocenters. The second-order valence-corrected chi connectivity index (χ2v) is 8.53. The van der Waals surface area contributed by atoms with Gasteiger partial charge in [-0.15, -0.1) is 0 Å². The fraction of sp³-hybridized carbons (Fsp3) is 0.800. The van der Waals surface area contributed by atoms with Crippen LogP contribution in [0.25, 0.3) is 0 Å². The van der Waals surface area contributed by atoms with Gasteiger partial charge in [-0.2, -0.15) is 0 Å². The summed E-state index contributed by atoms with van der Waals surface area (Å²) < 4.78 is 26.3. The van der Waals surface area contributed by atoms with E-state index in [4.69, 9.17) is 9.47 Å². The Morgan fingerprint density at radius 1 is 1.13 bits per heavy atom. The van der Waals surface area contributed by atoms with Crippen LogP contribution >= 0.6 is 0 Å². The van der Waals surface area contributed by atoms with E-state index in [-0.39, 0.29) is 11.2 Å². The summed E-state index contributed by atoms with van der Waals surface area (Å²) >= 11 is 0. The van der Waals surface area contributed by atoms with Gasteiger partial charge in [0.05, 0.1) is 13.2 Å². The molecule has 1 heterocycles. The largest absolute Gasteiger partial charge is 0.347 e. The number of alkyl halides is 1. The first-order chi connectivity index (χ1) is 11.1. The highest BCUT2D eigenvalue weighted by molar-refractivity contribution is 5.44. The highest BCUT2D eigenvalue weighted by atomic mass is 19.1. The lowest BCUT2D eigenvalue weighted by atomic mass is 9.58. The number of allylic oxidation sites excluding steroid dienone is 3. The number of rotatable bonds is 0. The average Bonchev–Trinajstić information content (AvgIpc) is 3.12. The molecule has 2 fully saturated rings. The molecular formula is C20H27FO2. The average molecular weight is 318 g/mol. The molecule has 0 N–H and O–H groups in total. The van der Waals surface area contributed by atoms with Crippen molar-refractivity contribution < 1.29 is 13.9 Å². The van der Waals surface area contributed by atoms with Crippen molar-refractivity contribution in [3.05, 3.63) is 22.8 Å². The first-order valence-electron chi connectivity index (χ1n) is 9.45. The molecule has 0 radical (unpaired) electrons. The maximum atomic E-state index is 14.5. The zero-order valence-corrected chi connectivity index (χ0v) is 14.1. The Morgan fingerprint density at radius 3 is 2.78 bits per heavy atom. The monoisotopic (exact) mass is 318 g/mol. The summed E-state index contributed by atoms with van der Waals surface area (Å²) in [4.78, 5) is 0. The molecule has 5 aliphatic rings. The van der Waals surface area contributed by atoms with E-state index in [2.05, 4.69) is 13.0 Å². The minimum atomic E-state index is -0.601. The second kappa shape index (κ2) is 4.92. The fourth-order valence-corrected chi connectivity index (χ4v) is 6.23. The van der Waals surface area contributed by atoms with Crippen molar-refractivity contribution in [2.24, 2.45) is 17.3 Å². The van der Waals surface area contributed by atoms with Crippen LogP contribution < -0.4 is 0 Å². The molecule has 0 bridgehead atoms. The van der Waals surface area contributed by atoms with E-state index in [0.717, 1.165) is 58.2 Å². The van der Waals surface area contributed by atoms with Gasteiger partial charge in [0.25, 0.3) is 0 Å². The minimum absolute atomic E-state index is 0.0974. The van der Waals surface area contributed by atoms with Gasteiger partial charge < -0.3 is 9.47 Å². The molecule has 4 aliphatic carbocycles. The van der Waals surface area contributed by atoms with Gasteiger partial charge in [-0.1, -0.05) is 18.6 Å². The van der Waals surface area contributed by atoms with Crippen LogP contribution in [-0.4, -0.2) is 25.2 Å². The van der Waals surface area contributed by atoms with Crippen molar-refractivity contribution in [2.45, 2.75) is 70.2 Å². The van der Waals surface area contributed by atoms with Crippen LogP contribution in [0.4, 0.5) is 4.39 Å². The lowest BCUT2D eigenvalue weighted by Gasteiger charge is -2.47. The molecule has 1 aliphatic heterocycles. The van der Waals surface area contributed by atoms with Crippen molar-refractivity contribution in [1.29, 1.82) is 0 Å². The zero-order valence-electron chi connectivity index (χ0n) is 14.1. The number of ether oxygens (including phenoxy) is 2. The third-order valence-corrected chi connectivity index (χ3v) is 7.53. The Hall–Kier alpha value is -0.670. The third-order valence-electron chi connectivity index (χ3n) is 7.53. The van der Waals surface area contributed by atoms with Gasteiger partial charge in [-0.25, -0.2) is 4.39 Å². The predicted molar refractivity (Wildman–Crippen MR) is 86.7 cm³/mol. The normalized spacial score (nSPS) is 44.8. The molecule has 2 unspecified atom stereocenters. The van der Waals surface area contributed by atoms with Crippen molar-refractivity contribution in [3.63, 3.8) is 0 Å². The fourth-order valence-electron chi connectivity index (χ4n) is 6.23. The number of hydrogen-bond donors (Lipinski definition) is 0. The molecule has 0 aromatic carbocycles. The van der Waals surface area contributed by atoms with Gasteiger partial charge in [-0.05, 0) is 61.5 Å². The van der Waals surface area contributed by atoms with Gasteiger partial charge in [-0.3, -0.25) is 0 Å². The van der Waals surface area contributed by atoms with Crippen LogP contribution in [-0.2, 0) is 9.47 Å². The SMILES string of the molecule is C[C@]12CC=C3C4=C(CCC3C1CC[C@H]2F)CC1(CC4)OCCO1. The van der Waals surface area contributed by atoms with E-state index in [0.29, 0.717) is 11.8 Å². The van der Waals surface area contributed by atoms with E-state index < -0.39 is 6.17 Å². The van der Waals surface area contributed by atoms with Gasteiger partial charge in [0.2, 0.25) is 0 Å². The molecule has 2 nitrogen and oxygen atoms in total. The highest BCUT2D eigenvalue weighted by Gasteiger charge is 2.54. The molecule has 0 amide bonds. The van der Waals surface area contributed by atoms with Crippen molar-refractivity contribution >= 4 is 0 Å². The van der Waals surface area contributed by atoms with E-state index in [1.807, 2.05) is 0 Å². The smallest absolute Gasteiger partial charge is 0.172 e. The third kappa shape index (κ3) is 1.99. The van der Waals surface area contributed by atoms with Crippen molar-refractivity contribution in [1.82, 2.24) is 0 Å². The molecule has 5 rings (SSSR count). The first kappa shape index (κ1) is 14.7. The summed E-state index contributed by atoms with van der Waals surface area (Å²) in [6.07, 6.45) is 9.98. The van der Waals surface area contributed by atoms with Crippen LogP contribution in [0, 0.1) is 17.3 Å². The van der Waals surface area contributed by atoms with Gasteiger partial charge in [0.15, 0.2) is 5.79 Å². The quantitative estimate of drug-likeness (QED) is 0.644. The summed E-state index contributed by atoms with van der Waals surface area (Å²) in [5, 5.41) is 0. The second-order valence-electron chi connectivity index (χ2n) is 8.53. The summed E-state index contributed by atoms with van der Waals surface area (Å²) in [6, 6.07) is 0. The Kier molecular flexibility index (Phi) is 3.13. The van der Waals surface area contributed by atoms with Gasteiger partial charge in [0.1, 0.15) is 6.17 Å². The molecule has 23 heavy (non-hydrogen) atoms. The molecule has 1 saturated carbocycles. The van der Waals surface area contributed by atoms with Crippen molar-refractivity contribution in [3.8, 4) is 0 Å². The van der Waals surface area contributed by atoms with Crippen LogP contribution in [0.1, 0.15) is 58.3 Å². The van der Waals surface area contributed by atoms with Crippen LogP contribution in [0.2, 0.25) is 0 Å². The Balaban J connectivity index is 1.48. The van der Waals surface area contributed by atoms with E-state index >= 15 is 0 Å². The molecular weight excluding hydrogens is 291 g/mol. The van der Waals surface area contributed by atoms with Crippen LogP contribution in [0.15, 0.2) is 22.8 Å². The molecule has 1 spiro atoms. The lowest BCUT2D eigenvalue weighted by molar-refractivity contribution is -0.164. The number of fused-ring (bicyclic) bond motifs is 4. The molecule has 3 heteroatoms. The van der Waals surface area contributed by atoms with Crippen LogP contribution in [0.3, 0.4) is 0 Å². The Bertz CT molecular complexity index is 586. The number of halogens is 1. The van der Waals surface area contributed by atoms with Crippen molar-refractivity contribution in [2.75, 3.05) is 13.2 Å². The highest BCUT2D eigenvalue weighted by Crippen LogP contribution is 2.60. The first-order valence-corrected chi connectivity index (χ1v) is 9.45. The van der Waals surface area contributed by atoms with E-state index in [1.165, 1.54) is 6.42 Å². The van der Waals surface area contributed by atoms with E-state index in [9.17, 15) is 4.39 Å². The number of hydrogen-bond acceptors (Lipinski definition) is 2. The van der Waals surface area contributed by atoms with E-state index in [1.54, 1.807) is 16.7 Å². The maximum absolute atomic E-state index is 14.5. The van der Waals surface area contributed by atoms with Gasteiger partial charge in [0, 0.05) is 18.3 Å². The predicted octanol–water partition coefficient (Wildman–Crippen LogP) is 4.70. The standard InChI is InChI=1S/C20H27FO2/c1-19-8-6-15-14-7-9-20(22-10-11-23-20)12-13(14)2-3-16(15)17(19)4-5-18(19)21/h6,16-18H,2-5,7-12H2,1H3/t16?,17?,18-,19+/m1/s1. The molecule has 0 aromatic heterocycles. The minimum Gasteiger partial charge on any atom is -0.347 e. The summed E-state index contributed by atoms with van der Waals surface area (Å²) in [7, 11) is 0. The Labute approximate surface area is 138 Å². The Morgan fingerprint density at radius 2 is 1.96 bits per heavy atom. The summed E-state index contributed by atoms with van der Waals surface area (Å²) in [5.74, 6) is 0.849. The zero-order chi connectivity index (χ0) is 15.7. The molecule has 1 saturated heterocycles. The van der Waals surface area contributed by atoms with Crippen LogP contribution in [0.5, 0.6) is 0 Å². The lowest BCUT2D eigenvalue weighted by Crippen LogP contribution is -2.41. The maximum Gasteiger partial charge on any atom is 0.172 e.